The first-order chi connectivity index (χ1) is 33.0. The quantitative estimate of drug-likeness (QED) is 0.154. The van der Waals surface area contributed by atoms with Crippen LogP contribution in [0.15, 0.2) is 205 Å². The molecule has 322 valence electrons. The molecule has 0 saturated heterocycles. The van der Waals surface area contributed by atoms with Gasteiger partial charge in [0.2, 0.25) is 0 Å². The van der Waals surface area contributed by atoms with Gasteiger partial charge < -0.3 is 9.80 Å². The topological polar surface area (TPSA) is 9.72 Å². The lowest BCUT2D eigenvalue weighted by Crippen LogP contribution is -2.26. The van der Waals surface area contributed by atoms with Gasteiger partial charge in [-0.3, -0.25) is 4.90 Å². The van der Waals surface area contributed by atoms with Crippen molar-refractivity contribution in [1.29, 1.82) is 0 Å². The van der Waals surface area contributed by atoms with Crippen LogP contribution in [-0.4, -0.2) is 6.54 Å². The van der Waals surface area contributed by atoms with Crippen LogP contribution in [0.5, 0.6) is 0 Å². The Morgan fingerprint density at radius 1 is 0.567 bits per heavy atom. The van der Waals surface area contributed by atoms with Crippen LogP contribution in [0.3, 0.4) is 0 Å². The monoisotopic (exact) mass is 861 g/mol. The SMILES string of the molecule is CC1(C)c2cc(N3CCCc4ccccc43)ccc2C2=CC=C(/C=C/C3=CC=C(c4c5ccccc5c(N5c6c#cccc6N(c6ccccc6)c6ccccc65)c5ccccc45)CC3)CC21. The number of allylic oxidation sites excluding steroid dienone is 10. The number of benzene rings is 7. The smallest absolute Gasteiger partial charge is 0.122 e. The van der Waals surface area contributed by atoms with Crippen molar-refractivity contribution in [2.75, 3.05) is 21.2 Å². The molecule has 13 rings (SSSR count). The van der Waals surface area contributed by atoms with E-state index in [1.807, 2.05) is 6.07 Å². The zero-order valence-electron chi connectivity index (χ0n) is 38.1. The number of rotatable bonds is 6. The molecule has 0 N–H and O–H groups in total. The number of hydrogen-bond donors (Lipinski definition) is 0. The Hall–Kier alpha value is -7.80. The first-order valence-corrected chi connectivity index (χ1v) is 24.1. The molecular formula is C64H51N3. The summed E-state index contributed by atoms with van der Waals surface area (Å²) < 4.78 is 0. The normalized spacial score (nSPS) is 18.0. The van der Waals surface area contributed by atoms with Crippen LogP contribution in [-0.2, 0) is 11.8 Å². The molecule has 1 unspecified atom stereocenters. The lowest BCUT2D eigenvalue weighted by molar-refractivity contribution is 0.410. The van der Waals surface area contributed by atoms with Crippen molar-refractivity contribution in [3.63, 3.8) is 0 Å². The van der Waals surface area contributed by atoms with Gasteiger partial charge in [-0.15, -0.1) is 0 Å². The van der Waals surface area contributed by atoms with E-state index in [0.717, 1.165) is 60.7 Å². The average Bonchev–Trinajstić information content (AvgIpc) is 3.61. The highest BCUT2D eigenvalue weighted by Gasteiger charge is 2.44. The van der Waals surface area contributed by atoms with Crippen LogP contribution in [0.25, 0.3) is 32.7 Å². The summed E-state index contributed by atoms with van der Waals surface area (Å²) in [7, 11) is 0. The molecule has 8 aromatic carbocycles. The number of para-hydroxylation sites is 4. The Labute approximate surface area is 394 Å². The summed E-state index contributed by atoms with van der Waals surface area (Å²) in [5.74, 6) is 0.457. The summed E-state index contributed by atoms with van der Waals surface area (Å²) in [5.41, 5.74) is 20.7. The zero-order chi connectivity index (χ0) is 44.6. The maximum atomic E-state index is 3.59. The van der Waals surface area contributed by atoms with E-state index in [9.17, 15) is 0 Å². The lowest BCUT2D eigenvalue weighted by Gasteiger charge is -2.40. The third kappa shape index (κ3) is 6.35. The Kier molecular flexibility index (Phi) is 9.26. The van der Waals surface area contributed by atoms with E-state index in [-0.39, 0.29) is 5.41 Å². The number of fused-ring (bicyclic) bond motifs is 8. The van der Waals surface area contributed by atoms with Gasteiger partial charge in [-0.05, 0) is 159 Å². The van der Waals surface area contributed by atoms with Gasteiger partial charge >= 0.3 is 0 Å². The molecule has 0 fully saturated rings. The first kappa shape index (κ1) is 39.6. The fourth-order valence-electron chi connectivity index (χ4n) is 12.1. The molecule has 8 aromatic rings. The van der Waals surface area contributed by atoms with Crippen molar-refractivity contribution in [3.05, 3.63) is 240 Å². The number of aryl methyl sites for hydroxylation is 1. The van der Waals surface area contributed by atoms with Gasteiger partial charge in [-0.1, -0.05) is 159 Å². The molecule has 2 aliphatic heterocycles. The predicted octanol–water partition coefficient (Wildman–Crippen LogP) is 16.9. The molecule has 3 nitrogen and oxygen atoms in total. The number of nitrogens with zero attached hydrogens (tertiary/aromatic N) is 3. The minimum absolute atomic E-state index is 0.0443. The van der Waals surface area contributed by atoms with Gasteiger partial charge in [0.1, 0.15) is 5.69 Å². The van der Waals surface area contributed by atoms with Gasteiger partial charge in [-0.25, -0.2) is 0 Å². The number of anilines is 8. The minimum atomic E-state index is 0.0443. The second-order valence-corrected chi connectivity index (χ2v) is 19.4. The van der Waals surface area contributed by atoms with Crippen LogP contribution in [0.1, 0.15) is 61.8 Å². The molecule has 0 saturated carbocycles. The molecule has 3 heteroatoms. The number of hydrogen-bond acceptors (Lipinski definition) is 3. The fourth-order valence-corrected chi connectivity index (χ4v) is 12.1. The van der Waals surface area contributed by atoms with Gasteiger partial charge in [0.25, 0.3) is 0 Å². The van der Waals surface area contributed by atoms with Crippen molar-refractivity contribution in [2.45, 2.75) is 51.4 Å². The molecule has 0 spiro atoms. The van der Waals surface area contributed by atoms with Crippen molar-refractivity contribution >= 4 is 78.2 Å². The molecule has 1 atom stereocenters. The van der Waals surface area contributed by atoms with Crippen molar-refractivity contribution in [1.82, 2.24) is 0 Å². The second-order valence-electron chi connectivity index (χ2n) is 19.4. The van der Waals surface area contributed by atoms with E-state index in [0.29, 0.717) is 5.92 Å². The van der Waals surface area contributed by atoms with Gasteiger partial charge in [0.05, 0.1) is 22.7 Å². The van der Waals surface area contributed by atoms with Crippen molar-refractivity contribution in [2.24, 2.45) is 5.92 Å². The third-order valence-electron chi connectivity index (χ3n) is 15.3. The summed E-state index contributed by atoms with van der Waals surface area (Å²) in [6.07, 6.45) is 19.7. The van der Waals surface area contributed by atoms with Crippen LogP contribution >= 0.6 is 0 Å². The molecule has 0 aromatic heterocycles. The van der Waals surface area contributed by atoms with Crippen molar-refractivity contribution in [3.8, 4) is 0 Å². The fraction of sp³-hybridized carbons (Fsp3) is 0.156. The predicted molar refractivity (Wildman–Crippen MR) is 282 cm³/mol. The maximum Gasteiger partial charge on any atom is 0.122 e. The summed E-state index contributed by atoms with van der Waals surface area (Å²) in [5, 5.41) is 4.98. The third-order valence-corrected chi connectivity index (χ3v) is 15.3. The molecule has 0 bridgehead atoms. The van der Waals surface area contributed by atoms with Gasteiger partial charge in [-0.2, -0.15) is 0 Å². The largest absolute Gasteiger partial charge is 0.341 e. The van der Waals surface area contributed by atoms with Crippen LogP contribution in [0.4, 0.5) is 45.5 Å². The highest BCUT2D eigenvalue weighted by atomic mass is 15.3. The Bertz CT molecular complexity index is 3370. The maximum absolute atomic E-state index is 3.59. The standard InChI is InChI=1S/C64H51N3/c1-64(2)55-41-44(34-38-49(55)50-39-37-48(42-56(50)64)65-40-16-18-45-17-6-11-25-57(45)65)31-30-43-32-35-46(36-33-43)62-51-21-7-9-23-53(51)63(54-24-10-8-22-52(54)62)67-60-28-14-12-26-58(60)66(47-19-4-3-5-20-47)59-27-13-15-29-61(59)67/h3-14,17,19-28,30-32,34-35,37-39,42,55H,16,18,33,36,40-41H2,1-2H3/b31-30+. The Balaban J connectivity index is 0.828. The Morgan fingerprint density at radius 3 is 2.00 bits per heavy atom. The summed E-state index contributed by atoms with van der Waals surface area (Å²) >= 11 is 0. The van der Waals surface area contributed by atoms with E-state index in [1.54, 1.807) is 0 Å². The molecule has 0 amide bonds. The van der Waals surface area contributed by atoms with E-state index < -0.39 is 0 Å². The van der Waals surface area contributed by atoms with Gasteiger partial charge in [0.15, 0.2) is 0 Å². The first-order valence-electron chi connectivity index (χ1n) is 24.1. The molecule has 67 heavy (non-hydrogen) atoms. The summed E-state index contributed by atoms with van der Waals surface area (Å²) in [6, 6.07) is 64.7. The average molecular weight is 862 g/mol. The lowest BCUT2D eigenvalue weighted by atomic mass is 9.73. The summed E-state index contributed by atoms with van der Waals surface area (Å²) in [4.78, 5) is 7.33. The van der Waals surface area contributed by atoms with E-state index in [2.05, 4.69) is 229 Å². The highest BCUT2D eigenvalue weighted by molar-refractivity contribution is 6.21. The highest BCUT2D eigenvalue weighted by Crippen LogP contribution is 2.58. The minimum Gasteiger partial charge on any atom is -0.341 e. The van der Waals surface area contributed by atoms with E-state index in [1.165, 1.54) is 89.6 Å². The van der Waals surface area contributed by atoms with Crippen molar-refractivity contribution < 1.29 is 0 Å². The molecule has 2 heterocycles. The van der Waals surface area contributed by atoms with Gasteiger partial charge in [0, 0.05) is 34.4 Å². The van der Waals surface area contributed by atoms with Crippen LogP contribution in [0.2, 0.25) is 0 Å². The molecule has 0 radical (unpaired) electrons. The van der Waals surface area contributed by atoms with E-state index in [4.69, 9.17) is 0 Å². The zero-order valence-corrected chi connectivity index (χ0v) is 38.1. The molecule has 5 aliphatic rings. The molecular weight excluding hydrogens is 811 g/mol. The molecule has 3 aliphatic carbocycles. The Morgan fingerprint density at radius 2 is 1.24 bits per heavy atom. The summed E-state index contributed by atoms with van der Waals surface area (Å²) in [6.45, 7) is 6.00. The second kappa shape index (κ2) is 15.7. The van der Waals surface area contributed by atoms with E-state index >= 15 is 0 Å². The van der Waals surface area contributed by atoms with Crippen LogP contribution in [0, 0.1) is 18.1 Å². The van der Waals surface area contributed by atoms with Crippen LogP contribution < -0.4 is 14.7 Å².